The maximum Gasteiger partial charge on any atom is 0.412 e. The monoisotopic (exact) mass is 324 g/mol. The van der Waals surface area contributed by atoms with Crippen molar-refractivity contribution in [1.82, 2.24) is 5.32 Å². The van der Waals surface area contributed by atoms with Gasteiger partial charge in [-0.25, -0.2) is 4.79 Å². The number of anilines is 1. The van der Waals surface area contributed by atoms with Crippen LogP contribution in [0.25, 0.3) is 11.1 Å². The minimum atomic E-state index is -0.511. The summed E-state index contributed by atoms with van der Waals surface area (Å²) in [7, 11) is 0. The van der Waals surface area contributed by atoms with E-state index in [2.05, 4.69) is 28.8 Å². The number of benzene rings is 2. The number of amides is 1. The molecule has 0 radical (unpaired) electrons. The summed E-state index contributed by atoms with van der Waals surface area (Å²) in [6.45, 7) is 7.34. The molecule has 4 heteroatoms. The number of carbonyl (C=O) groups is 1. The van der Waals surface area contributed by atoms with E-state index in [1.54, 1.807) is 0 Å². The van der Waals surface area contributed by atoms with Crippen LogP contribution in [0.3, 0.4) is 0 Å². The van der Waals surface area contributed by atoms with Gasteiger partial charge >= 0.3 is 6.09 Å². The fourth-order valence-electron chi connectivity index (χ4n) is 2.94. The molecule has 1 amide bonds. The van der Waals surface area contributed by atoms with Crippen LogP contribution in [0.1, 0.15) is 31.9 Å². The van der Waals surface area contributed by atoms with Crippen LogP contribution in [0.4, 0.5) is 10.5 Å². The normalized spacial score (nSPS) is 14.0. The molecule has 0 saturated heterocycles. The summed E-state index contributed by atoms with van der Waals surface area (Å²) < 4.78 is 5.41. The summed E-state index contributed by atoms with van der Waals surface area (Å²) in [4.78, 5) is 12.2. The molecule has 1 heterocycles. The van der Waals surface area contributed by atoms with Gasteiger partial charge in [0, 0.05) is 12.2 Å². The van der Waals surface area contributed by atoms with Gasteiger partial charge in [0.15, 0.2) is 0 Å². The van der Waals surface area contributed by atoms with Crippen molar-refractivity contribution in [2.24, 2.45) is 0 Å². The van der Waals surface area contributed by atoms with Crippen LogP contribution < -0.4 is 10.6 Å². The third-order valence-corrected chi connectivity index (χ3v) is 3.95. The van der Waals surface area contributed by atoms with Crippen LogP contribution >= 0.6 is 0 Å². The van der Waals surface area contributed by atoms with E-state index in [-0.39, 0.29) is 0 Å². The van der Waals surface area contributed by atoms with Crippen LogP contribution in [-0.4, -0.2) is 18.2 Å². The molecule has 0 unspecified atom stereocenters. The van der Waals surface area contributed by atoms with Crippen molar-refractivity contribution in [2.75, 3.05) is 11.9 Å². The molecule has 2 aromatic rings. The highest BCUT2D eigenvalue weighted by atomic mass is 16.6. The molecular formula is C20H24N2O2. The smallest absolute Gasteiger partial charge is 0.412 e. The van der Waals surface area contributed by atoms with Crippen molar-refractivity contribution >= 4 is 11.8 Å². The lowest BCUT2D eigenvalue weighted by molar-refractivity contribution is 0.0636. The highest BCUT2D eigenvalue weighted by Crippen LogP contribution is 2.31. The minimum Gasteiger partial charge on any atom is -0.444 e. The summed E-state index contributed by atoms with van der Waals surface area (Å²) in [6, 6.07) is 14.5. The fourth-order valence-corrected chi connectivity index (χ4v) is 2.94. The average molecular weight is 324 g/mol. The second kappa shape index (κ2) is 6.65. The Morgan fingerprint density at radius 1 is 1.12 bits per heavy atom. The number of rotatable bonds is 2. The van der Waals surface area contributed by atoms with Crippen molar-refractivity contribution in [3.8, 4) is 11.1 Å². The predicted molar refractivity (Wildman–Crippen MR) is 97.1 cm³/mol. The number of fused-ring (bicyclic) bond motifs is 1. The van der Waals surface area contributed by atoms with Gasteiger partial charge in [-0.2, -0.15) is 0 Å². The van der Waals surface area contributed by atoms with Gasteiger partial charge in [0.2, 0.25) is 0 Å². The molecule has 0 aromatic heterocycles. The summed E-state index contributed by atoms with van der Waals surface area (Å²) in [5, 5.41) is 6.34. The molecule has 1 aliphatic rings. The van der Waals surface area contributed by atoms with E-state index in [0.717, 1.165) is 36.3 Å². The van der Waals surface area contributed by atoms with Crippen LogP contribution in [0, 0.1) is 0 Å². The Morgan fingerprint density at radius 3 is 2.58 bits per heavy atom. The highest BCUT2D eigenvalue weighted by molar-refractivity contribution is 5.88. The number of ether oxygens (including phenoxy) is 1. The zero-order valence-corrected chi connectivity index (χ0v) is 14.5. The molecule has 0 spiro atoms. The largest absolute Gasteiger partial charge is 0.444 e. The van der Waals surface area contributed by atoms with Gasteiger partial charge in [0.05, 0.1) is 0 Å². The van der Waals surface area contributed by atoms with Crippen LogP contribution in [0.15, 0.2) is 42.5 Å². The molecular weight excluding hydrogens is 300 g/mol. The SMILES string of the molecule is CC(C)(C)OC(=O)Nc1cc(-c2ccccc2)cc2c1CCNC2. The Hall–Kier alpha value is -2.33. The maximum absolute atomic E-state index is 12.2. The minimum absolute atomic E-state index is 0.409. The van der Waals surface area contributed by atoms with Gasteiger partial charge < -0.3 is 10.1 Å². The first-order valence-corrected chi connectivity index (χ1v) is 8.34. The third kappa shape index (κ3) is 3.95. The number of hydrogen-bond donors (Lipinski definition) is 2. The van der Waals surface area contributed by atoms with Crippen molar-refractivity contribution in [3.05, 3.63) is 53.6 Å². The Balaban J connectivity index is 1.96. The molecule has 2 N–H and O–H groups in total. The molecule has 0 saturated carbocycles. The lowest BCUT2D eigenvalue weighted by atomic mass is 9.93. The van der Waals surface area contributed by atoms with Crippen molar-refractivity contribution in [1.29, 1.82) is 0 Å². The molecule has 1 aliphatic heterocycles. The summed E-state index contributed by atoms with van der Waals surface area (Å²) in [5.41, 5.74) is 5.00. The highest BCUT2D eigenvalue weighted by Gasteiger charge is 2.20. The van der Waals surface area contributed by atoms with Crippen molar-refractivity contribution in [2.45, 2.75) is 39.3 Å². The second-order valence-corrected chi connectivity index (χ2v) is 7.08. The number of nitrogens with one attached hydrogen (secondary N) is 2. The van der Waals surface area contributed by atoms with Crippen molar-refractivity contribution < 1.29 is 9.53 Å². The summed E-state index contributed by atoms with van der Waals surface area (Å²) in [6.07, 6.45) is 0.489. The molecule has 0 aliphatic carbocycles. The molecule has 0 fully saturated rings. The first-order valence-electron chi connectivity index (χ1n) is 8.34. The molecule has 24 heavy (non-hydrogen) atoms. The molecule has 126 valence electrons. The Labute approximate surface area is 143 Å². The first-order chi connectivity index (χ1) is 11.4. The van der Waals surface area contributed by atoms with Gasteiger partial charge in [0.25, 0.3) is 0 Å². The van der Waals surface area contributed by atoms with Gasteiger partial charge in [-0.1, -0.05) is 30.3 Å². The predicted octanol–water partition coefficient (Wildman–Crippen LogP) is 4.35. The second-order valence-electron chi connectivity index (χ2n) is 7.08. The quantitative estimate of drug-likeness (QED) is 0.863. The van der Waals surface area contributed by atoms with E-state index in [9.17, 15) is 4.79 Å². The maximum atomic E-state index is 12.2. The standard InChI is InChI=1S/C20H24N2O2/c1-20(2,3)24-19(23)22-18-12-15(14-7-5-4-6-8-14)11-16-13-21-10-9-17(16)18/h4-8,11-12,21H,9-10,13H2,1-3H3,(H,22,23). The summed E-state index contributed by atoms with van der Waals surface area (Å²) >= 11 is 0. The van der Waals surface area contributed by atoms with Gasteiger partial charge in [-0.05, 0) is 68.1 Å². The lowest BCUT2D eigenvalue weighted by Crippen LogP contribution is -2.29. The van der Waals surface area contributed by atoms with Crippen LogP contribution in [0.2, 0.25) is 0 Å². The van der Waals surface area contributed by atoms with Gasteiger partial charge in [0.1, 0.15) is 5.60 Å². The van der Waals surface area contributed by atoms with E-state index in [0.29, 0.717) is 0 Å². The third-order valence-electron chi connectivity index (χ3n) is 3.95. The summed E-state index contributed by atoms with van der Waals surface area (Å²) in [5.74, 6) is 0. The van der Waals surface area contributed by atoms with Gasteiger partial charge in [-0.3, -0.25) is 5.32 Å². The van der Waals surface area contributed by atoms with Crippen molar-refractivity contribution in [3.63, 3.8) is 0 Å². The Morgan fingerprint density at radius 2 is 1.88 bits per heavy atom. The van der Waals surface area contributed by atoms with Crippen LogP contribution in [0.5, 0.6) is 0 Å². The Bertz CT molecular complexity index is 733. The van der Waals surface area contributed by atoms with E-state index >= 15 is 0 Å². The van der Waals surface area contributed by atoms with Crippen LogP contribution in [-0.2, 0) is 17.7 Å². The lowest BCUT2D eigenvalue weighted by Gasteiger charge is -2.24. The topological polar surface area (TPSA) is 50.4 Å². The molecule has 3 rings (SSSR count). The number of carbonyl (C=O) groups excluding carboxylic acids is 1. The number of hydrogen-bond acceptors (Lipinski definition) is 3. The van der Waals surface area contributed by atoms with E-state index in [1.165, 1.54) is 11.1 Å². The molecule has 4 nitrogen and oxygen atoms in total. The van der Waals surface area contributed by atoms with Gasteiger partial charge in [-0.15, -0.1) is 0 Å². The van der Waals surface area contributed by atoms with E-state index in [1.807, 2.05) is 45.0 Å². The zero-order valence-electron chi connectivity index (χ0n) is 14.5. The van der Waals surface area contributed by atoms with E-state index in [4.69, 9.17) is 4.74 Å². The molecule has 0 bridgehead atoms. The zero-order chi connectivity index (χ0) is 17.2. The molecule has 2 aromatic carbocycles. The Kier molecular flexibility index (Phi) is 4.58. The van der Waals surface area contributed by atoms with E-state index < -0.39 is 11.7 Å². The average Bonchev–Trinajstić information content (AvgIpc) is 2.54. The fraction of sp³-hybridized carbons (Fsp3) is 0.350. The first kappa shape index (κ1) is 16.5. The molecule has 0 atom stereocenters.